The van der Waals surface area contributed by atoms with Crippen LogP contribution < -0.4 is 0 Å². The molecule has 0 bridgehead atoms. The smallest absolute Gasteiger partial charge is 0.337 e. The lowest BCUT2D eigenvalue weighted by molar-refractivity contribution is -0.459. The first-order valence-corrected chi connectivity index (χ1v) is 8.67. The molecular weight excluding hydrogens is 533 g/mol. The molecule has 202 valence electrons. The molecule has 1 fully saturated rings. The van der Waals surface area contributed by atoms with E-state index in [1.54, 1.807) is 0 Å². The zero-order valence-electron chi connectivity index (χ0n) is 16.2. The van der Waals surface area contributed by atoms with Gasteiger partial charge in [-0.15, -0.1) is 0 Å². The van der Waals surface area contributed by atoms with Gasteiger partial charge in [-0.05, 0) is 18.8 Å². The Labute approximate surface area is 178 Å². The van der Waals surface area contributed by atoms with E-state index < -0.39 is 66.6 Å². The van der Waals surface area contributed by atoms with Crippen molar-refractivity contribution in [2.75, 3.05) is 13.1 Å². The lowest BCUT2D eigenvalue weighted by Crippen LogP contribution is -2.75. The van der Waals surface area contributed by atoms with E-state index in [0.717, 1.165) is 0 Å². The SMILES string of the molecule is CC1CCN(C(=O)C(F)(F)C(F)(F)C(F)(F)C(F)(F)C(F)(F)C(F)(F)C(F)(F)C(F)(F)F)CC1. The molecule has 0 spiro atoms. The summed E-state index contributed by atoms with van der Waals surface area (Å²) in [6, 6.07) is 0. The van der Waals surface area contributed by atoms with E-state index in [0.29, 0.717) is 0 Å². The monoisotopic (exact) mass is 545 g/mol. The van der Waals surface area contributed by atoms with Gasteiger partial charge in [0.1, 0.15) is 0 Å². The Morgan fingerprint density at radius 1 is 0.559 bits per heavy atom. The molecule has 0 unspecified atom stereocenters. The number of nitrogens with zero attached hydrogens (tertiary/aromatic N) is 1. The first-order valence-electron chi connectivity index (χ1n) is 8.67. The van der Waals surface area contributed by atoms with Crippen molar-refractivity contribution in [1.82, 2.24) is 4.90 Å². The maximum Gasteiger partial charge on any atom is 0.460 e. The highest BCUT2D eigenvalue weighted by Crippen LogP contribution is 2.64. The van der Waals surface area contributed by atoms with Crippen LogP contribution in [0.25, 0.3) is 0 Å². The highest BCUT2D eigenvalue weighted by atomic mass is 19.4. The average Bonchev–Trinajstić information content (AvgIpc) is 2.66. The Morgan fingerprint density at radius 3 is 1.18 bits per heavy atom. The molecule has 0 radical (unpaired) electrons. The molecule has 1 aliphatic heterocycles. The Hall–Kier alpha value is -1.72. The number of carbonyl (C=O) groups excluding carboxylic acids is 1. The van der Waals surface area contributed by atoms with Crippen molar-refractivity contribution in [3.63, 3.8) is 0 Å². The van der Waals surface area contributed by atoms with Crippen molar-refractivity contribution < 1.29 is 79.4 Å². The first-order chi connectivity index (χ1) is 14.7. The maximum absolute atomic E-state index is 13.9. The number of carbonyl (C=O) groups is 1. The van der Waals surface area contributed by atoms with Gasteiger partial charge in [0.05, 0.1) is 0 Å². The number of rotatable bonds is 7. The molecule has 34 heavy (non-hydrogen) atoms. The molecule has 1 amide bonds. The van der Waals surface area contributed by atoms with E-state index >= 15 is 0 Å². The van der Waals surface area contributed by atoms with Crippen LogP contribution in [0.4, 0.5) is 74.6 Å². The van der Waals surface area contributed by atoms with Gasteiger partial charge in [0.25, 0.3) is 5.91 Å². The molecule has 1 rings (SSSR count). The van der Waals surface area contributed by atoms with Gasteiger partial charge in [0.2, 0.25) is 0 Å². The van der Waals surface area contributed by atoms with Crippen molar-refractivity contribution in [3.8, 4) is 0 Å². The van der Waals surface area contributed by atoms with Crippen molar-refractivity contribution in [3.05, 3.63) is 0 Å². The Morgan fingerprint density at radius 2 is 0.853 bits per heavy atom. The van der Waals surface area contributed by atoms with Gasteiger partial charge in [-0.25, -0.2) is 0 Å². The number of hydrogen-bond donors (Lipinski definition) is 0. The Bertz CT molecular complexity index is 763. The minimum absolute atomic E-state index is 0.198. The summed E-state index contributed by atoms with van der Waals surface area (Å²) in [4.78, 5) is 11.3. The van der Waals surface area contributed by atoms with E-state index in [-0.39, 0.29) is 23.7 Å². The fourth-order valence-corrected chi connectivity index (χ4v) is 2.71. The molecule has 0 aliphatic carbocycles. The summed E-state index contributed by atoms with van der Waals surface area (Å²) in [6.07, 6.45) is -8.20. The largest absolute Gasteiger partial charge is 0.460 e. The van der Waals surface area contributed by atoms with Crippen molar-refractivity contribution in [2.24, 2.45) is 5.92 Å². The number of likely N-dealkylation sites (tertiary alicyclic amines) is 1. The third-order valence-corrected chi connectivity index (χ3v) is 5.06. The van der Waals surface area contributed by atoms with Crippen molar-refractivity contribution in [2.45, 2.75) is 67.4 Å². The summed E-state index contributed by atoms with van der Waals surface area (Å²) in [5, 5.41) is 0. The van der Waals surface area contributed by atoms with Crippen molar-refractivity contribution in [1.29, 1.82) is 0 Å². The highest BCUT2D eigenvalue weighted by molar-refractivity contribution is 5.85. The van der Waals surface area contributed by atoms with Crippen LogP contribution in [-0.4, -0.2) is 71.5 Å². The fourth-order valence-electron chi connectivity index (χ4n) is 2.71. The minimum Gasteiger partial charge on any atom is -0.337 e. The van der Waals surface area contributed by atoms with Crippen LogP contribution in [0.15, 0.2) is 0 Å². The van der Waals surface area contributed by atoms with Crippen LogP contribution in [0, 0.1) is 5.92 Å². The summed E-state index contributed by atoms with van der Waals surface area (Å²) in [5.41, 5.74) is 0. The van der Waals surface area contributed by atoms with Crippen LogP contribution in [-0.2, 0) is 4.79 Å². The summed E-state index contributed by atoms with van der Waals surface area (Å²) < 4.78 is 224. The molecule has 0 atom stereocenters. The molecule has 0 N–H and O–H groups in total. The molecule has 1 heterocycles. The van der Waals surface area contributed by atoms with Gasteiger partial charge in [-0.1, -0.05) is 6.92 Å². The molecule has 2 nitrogen and oxygen atoms in total. The average molecular weight is 545 g/mol. The second kappa shape index (κ2) is 8.16. The zero-order valence-corrected chi connectivity index (χ0v) is 16.2. The van der Waals surface area contributed by atoms with Gasteiger partial charge < -0.3 is 4.90 Å². The second-order valence-electron chi connectivity index (χ2n) is 7.49. The standard InChI is InChI=1S/C15H12F17NO/c1-6-2-4-33(5-3-6)7(34)8(16,17)9(18,19)10(20,21)11(22,23)12(24,25)13(26,27)14(28,29)15(30,31)32/h6H,2-5H2,1H3. The molecular formula is C15H12F17NO. The molecule has 0 aromatic rings. The number of hydrogen-bond acceptors (Lipinski definition) is 1. The third-order valence-electron chi connectivity index (χ3n) is 5.06. The van der Waals surface area contributed by atoms with Crippen LogP contribution in [0.3, 0.4) is 0 Å². The normalized spacial score (nSPS) is 18.9. The van der Waals surface area contributed by atoms with Crippen LogP contribution >= 0.6 is 0 Å². The van der Waals surface area contributed by atoms with Gasteiger partial charge >= 0.3 is 47.6 Å². The molecule has 0 saturated carbocycles. The lowest BCUT2D eigenvalue weighted by Gasteiger charge is -2.43. The fraction of sp³-hybridized carbons (Fsp3) is 0.933. The van der Waals surface area contributed by atoms with Crippen LogP contribution in [0.2, 0.25) is 0 Å². The summed E-state index contributed by atoms with van der Waals surface area (Å²) >= 11 is 0. The molecule has 19 heteroatoms. The minimum atomic E-state index is -8.70. The number of amides is 1. The predicted octanol–water partition coefficient (Wildman–Crippen LogP) is 6.25. The van der Waals surface area contributed by atoms with E-state index in [2.05, 4.69) is 0 Å². The van der Waals surface area contributed by atoms with Gasteiger partial charge in [-0.2, -0.15) is 74.6 Å². The number of piperidine rings is 1. The van der Waals surface area contributed by atoms with Gasteiger partial charge in [-0.3, -0.25) is 4.79 Å². The van der Waals surface area contributed by atoms with E-state index in [1.807, 2.05) is 0 Å². The maximum atomic E-state index is 13.9. The summed E-state index contributed by atoms with van der Waals surface area (Å²) in [5.74, 6) is -61.2. The molecule has 1 saturated heterocycles. The third kappa shape index (κ3) is 3.93. The summed E-state index contributed by atoms with van der Waals surface area (Å²) in [6.45, 7) is -0.207. The number of alkyl halides is 17. The highest BCUT2D eigenvalue weighted by Gasteiger charge is 2.95. The number of halogens is 17. The van der Waals surface area contributed by atoms with E-state index in [4.69, 9.17) is 0 Å². The van der Waals surface area contributed by atoms with Crippen LogP contribution in [0.1, 0.15) is 19.8 Å². The topological polar surface area (TPSA) is 20.3 Å². The predicted molar refractivity (Wildman–Crippen MR) is 75.7 cm³/mol. The zero-order chi connectivity index (χ0) is 27.6. The Kier molecular flexibility index (Phi) is 7.28. The molecule has 1 aliphatic rings. The summed E-state index contributed by atoms with van der Waals surface area (Å²) in [7, 11) is 0. The van der Waals surface area contributed by atoms with Gasteiger partial charge in [0.15, 0.2) is 0 Å². The molecule has 0 aromatic heterocycles. The first kappa shape index (κ1) is 30.3. The molecule has 0 aromatic carbocycles. The van der Waals surface area contributed by atoms with E-state index in [9.17, 15) is 79.4 Å². The quantitative estimate of drug-likeness (QED) is 0.347. The second-order valence-corrected chi connectivity index (χ2v) is 7.49. The van der Waals surface area contributed by atoms with E-state index in [1.165, 1.54) is 6.92 Å². The van der Waals surface area contributed by atoms with Gasteiger partial charge in [0, 0.05) is 13.1 Å². The lowest BCUT2D eigenvalue weighted by atomic mass is 9.88. The van der Waals surface area contributed by atoms with Crippen LogP contribution in [0.5, 0.6) is 0 Å². The Balaban J connectivity index is 3.55. The van der Waals surface area contributed by atoms with Crippen molar-refractivity contribution >= 4 is 5.91 Å².